The van der Waals surface area contributed by atoms with E-state index in [2.05, 4.69) is 11.7 Å². The second kappa shape index (κ2) is 8.98. The molecule has 32 heavy (non-hydrogen) atoms. The number of nitriles is 1. The molecular weight excluding hydrogens is 406 g/mol. The van der Waals surface area contributed by atoms with E-state index in [1.54, 1.807) is 29.1 Å². The molecular formula is C25H17N3O4. The molecule has 0 radical (unpaired) electrons. The van der Waals surface area contributed by atoms with Crippen LogP contribution in [0.3, 0.4) is 0 Å². The van der Waals surface area contributed by atoms with Crippen LogP contribution >= 0.6 is 0 Å². The summed E-state index contributed by atoms with van der Waals surface area (Å²) in [4.78, 5) is 25.0. The Morgan fingerprint density at radius 1 is 1.19 bits per heavy atom. The number of fused-ring (bicyclic) bond motifs is 1. The van der Waals surface area contributed by atoms with Crippen LogP contribution in [0, 0.1) is 11.3 Å². The summed E-state index contributed by atoms with van der Waals surface area (Å²) in [6.45, 7) is 3.46. The van der Waals surface area contributed by atoms with Crippen molar-refractivity contribution in [3.8, 4) is 23.0 Å². The molecule has 0 bridgehead atoms. The first-order valence-electron chi connectivity index (χ1n) is 9.69. The number of ether oxygens (including phenoxy) is 1. The summed E-state index contributed by atoms with van der Waals surface area (Å²) in [6, 6.07) is 19.9. The zero-order chi connectivity index (χ0) is 22.5. The molecule has 0 unspecified atom stereocenters. The quantitative estimate of drug-likeness (QED) is 0.151. The Labute approximate surface area is 183 Å². The predicted molar refractivity (Wildman–Crippen MR) is 120 cm³/mol. The molecule has 0 amide bonds. The summed E-state index contributed by atoms with van der Waals surface area (Å²) in [5.41, 5.74) is 1.26. The first-order chi connectivity index (χ1) is 15.6. The number of aromatic nitrogens is 2. The summed E-state index contributed by atoms with van der Waals surface area (Å²) in [7, 11) is 0. The van der Waals surface area contributed by atoms with Crippen LogP contribution in [0.1, 0.15) is 5.56 Å². The smallest absolute Gasteiger partial charge is 0.349 e. The third kappa shape index (κ3) is 4.11. The highest BCUT2D eigenvalue weighted by Crippen LogP contribution is 2.26. The van der Waals surface area contributed by atoms with Gasteiger partial charge in [0.25, 0.3) is 0 Å². The fraction of sp³-hybridized carbons (Fsp3) is 0.0400. The number of para-hydroxylation sites is 2. The van der Waals surface area contributed by atoms with Gasteiger partial charge in [-0.05, 0) is 30.3 Å². The van der Waals surface area contributed by atoms with E-state index in [1.807, 2.05) is 48.5 Å². The van der Waals surface area contributed by atoms with Gasteiger partial charge in [-0.25, -0.2) is 14.3 Å². The second-order valence-corrected chi connectivity index (χ2v) is 6.76. The summed E-state index contributed by atoms with van der Waals surface area (Å²) in [6.07, 6.45) is 4.39. The lowest BCUT2D eigenvalue weighted by Gasteiger charge is -2.02. The van der Waals surface area contributed by atoms with E-state index < -0.39 is 11.6 Å². The summed E-state index contributed by atoms with van der Waals surface area (Å²) >= 11 is 0. The largest absolute Gasteiger partial charge is 0.457 e. The maximum absolute atomic E-state index is 12.8. The maximum atomic E-state index is 12.8. The Bertz CT molecular complexity index is 1440. The molecule has 0 saturated heterocycles. The van der Waals surface area contributed by atoms with Crippen LogP contribution in [0.15, 0.2) is 94.3 Å². The average molecular weight is 423 g/mol. The molecule has 2 aromatic heterocycles. The van der Waals surface area contributed by atoms with E-state index in [9.17, 15) is 14.9 Å². The van der Waals surface area contributed by atoms with E-state index in [1.165, 1.54) is 12.2 Å². The van der Waals surface area contributed by atoms with E-state index in [0.29, 0.717) is 11.1 Å². The highest BCUT2D eigenvalue weighted by molar-refractivity contribution is 5.99. The van der Waals surface area contributed by atoms with Crippen molar-refractivity contribution < 1.29 is 13.9 Å². The minimum Gasteiger partial charge on any atom is -0.457 e. The first-order valence-corrected chi connectivity index (χ1v) is 9.69. The molecule has 0 fully saturated rings. The number of nitrogens with zero attached hydrogens (tertiary/aromatic N) is 3. The average Bonchev–Trinajstić information content (AvgIpc) is 3.24. The van der Waals surface area contributed by atoms with Crippen molar-refractivity contribution in [1.29, 1.82) is 5.26 Å². The highest BCUT2D eigenvalue weighted by atomic mass is 16.5. The molecule has 0 saturated carbocycles. The lowest BCUT2D eigenvalue weighted by atomic mass is 10.1. The van der Waals surface area contributed by atoms with Gasteiger partial charge in [-0.3, -0.25) is 0 Å². The van der Waals surface area contributed by atoms with Gasteiger partial charge in [0.05, 0.1) is 11.3 Å². The molecule has 4 aromatic rings. The van der Waals surface area contributed by atoms with Crippen molar-refractivity contribution in [1.82, 2.24) is 9.78 Å². The zero-order valence-electron chi connectivity index (χ0n) is 16.9. The molecule has 7 heteroatoms. The van der Waals surface area contributed by atoms with Gasteiger partial charge < -0.3 is 9.15 Å². The predicted octanol–water partition coefficient (Wildman–Crippen LogP) is 4.28. The minimum absolute atomic E-state index is 0.0255. The Morgan fingerprint density at radius 3 is 2.69 bits per heavy atom. The van der Waals surface area contributed by atoms with Crippen molar-refractivity contribution >= 4 is 23.0 Å². The highest BCUT2D eigenvalue weighted by Gasteiger charge is 2.19. The number of carbonyl (C=O) groups is 1. The van der Waals surface area contributed by atoms with E-state index in [4.69, 9.17) is 9.15 Å². The van der Waals surface area contributed by atoms with Crippen LogP contribution in [0.25, 0.3) is 34.0 Å². The van der Waals surface area contributed by atoms with Gasteiger partial charge in [0.2, 0.25) is 0 Å². The van der Waals surface area contributed by atoms with Gasteiger partial charge in [0, 0.05) is 17.1 Å². The molecule has 0 aliphatic carbocycles. The van der Waals surface area contributed by atoms with Crippen LogP contribution in [0.2, 0.25) is 0 Å². The Morgan fingerprint density at radius 2 is 1.94 bits per heavy atom. The van der Waals surface area contributed by atoms with Crippen molar-refractivity contribution in [2.45, 2.75) is 0 Å². The lowest BCUT2D eigenvalue weighted by molar-refractivity contribution is -0.137. The van der Waals surface area contributed by atoms with Gasteiger partial charge in [0.1, 0.15) is 29.5 Å². The molecule has 2 aromatic carbocycles. The van der Waals surface area contributed by atoms with Gasteiger partial charge in [-0.1, -0.05) is 49.1 Å². The topological polar surface area (TPSA) is 98.1 Å². The molecule has 7 nitrogen and oxygen atoms in total. The Hall–Kier alpha value is -4.70. The molecule has 0 aliphatic heterocycles. The lowest BCUT2D eigenvalue weighted by Crippen LogP contribution is -2.07. The molecule has 4 rings (SSSR count). The van der Waals surface area contributed by atoms with Crippen molar-refractivity contribution in [2.24, 2.45) is 0 Å². The molecule has 0 atom stereocenters. The number of carbonyl (C=O) groups excluding carboxylic acids is 1. The summed E-state index contributed by atoms with van der Waals surface area (Å²) in [5.74, 6) is -0.795. The molecule has 0 spiro atoms. The van der Waals surface area contributed by atoms with Crippen molar-refractivity contribution in [3.63, 3.8) is 0 Å². The van der Waals surface area contributed by atoms with Crippen molar-refractivity contribution in [2.75, 3.05) is 6.61 Å². The number of benzene rings is 2. The van der Waals surface area contributed by atoms with Crippen LogP contribution in [-0.4, -0.2) is 22.4 Å². The zero-order valence-corrected chi connectivity index (χ0v) is 16.9. The molecule has 0 aliphatic rings. The standard InChI is InChI=1S/C25H17N3O4/c1-2-12-31-24(29)18(15-26)13-19-16-28(20-9-4-3-5-10-20)27-23(19)21-14-17-8-6-7-11-22(17)32-25(21)30/h2-11,13-14,16H,1,12H2. The third-order valence-corrected chi connectivity index (χ3v) is 4.63. The Balaban J connectivity index is 1.91. The maximum Gasteiger partial charge on any atom is 0.349 e. The summed E-state index contributed by atoms with van der Waals surface area (Å²) in [5, 5.41) is 14.8. The molecule has 2 heterocycles. The van der Waals surface area contributed by atoms with E-state index in [-0.39, 0.29) is 23.4 Å². The van der Waals surface area contributed by atoms with Gasteiger partial charge in [-0.15, -0.1) is 0 Å². The SMILES string of the molecule is C=CCOC(=O)C(C#N)=Cc1cn(-c2ccccc2)nc1-c1cc2ccccc2oc1=O. The van der Waals surface area contributed by atoms with Crippen LogP contribution < -0.4 is 5.63 Å². The van der Waals surface area contributed by atoms with Crippen LogP contribution in [0.5, 0.6) is 0 Å². The fourth-order valence-corrected chi connectivity index (χ4v) is 3.15. The van der Waals surface area contributed by atoms with E-state index >= 15 is 0 Å². The summed E-state index contributed by atoms with van der Waals surface area (Å²) < 4.78 is 12.0. The third-order valence-electron chi connectivity index (χ3n) is 4.63. The van der Waals surface area contributed by atoms with Crippen molar-refractivity contribution in [3.05, 3.63) is 101 Å². The fourth-order valence-electron chi connectivity index (χ4n) is 3.15. The van der Waals surface area contributed by atoms with Crippen LogP contribution in [0.4, 0.5) is 0 Å². The van der Waals surface area contributed by atoms with Gasteiger partial charge in [0.15, 0.2) is 0 Å². The number of rotatable bonds is 6. The van der Waals surface area contributed by atoms with E-state index in [0.717, 1.165) is 11.1 Å². The first kappa shape index (κ1) is 20.6. The number of esters is 1. The second-order valence-electron chi connectivity index (χ2n) is 6.76. The number of hydrogen-bond donors (Lipinski definition) is 0. The van der Waals surface area contributed by atoms with Crippen LogP contribution in [-0.2, 0) is 9.53 Å². The monoisotopic (exact) mass is 423 g/mol. The normalized spacial score (nSPS) is 11.2. The number of hydrogen-bond acceptors (Lipinski definition) is 6. The Kier molecular flexibility index (Phi) is 5.77. The molecule has 156 valence electrons. The minimum atomic E-state index is -0.795. The van der Waals surface area contributed by atoms with Gasteiger partial charge >= 0.3 is 11.6 Å². The van der Waals surface area contributed by atoms with Gasteiger partial charge in [-0.2, -0.15) is 10.4 Å². The molecule has 0 N–H and O–H groups in total.